The molecule has 1 N–H and O–H groups in total. The molecule has 2 heterocycles. The topological polar surface area (TPSA) is 76.5 Å². The summed E-state index contributed by atoms with van der Waals surface area (Å²) < 4.78 is 18.9. The largest absolute Gasteiger partial charge is 0.480 e. The van der Waals surface area contributed by atoms with Crippen LogP contribution < -0.4 is 0 Å². The molecule has 4 rings (SSSR count). The number of esters is 1. The normalized spacial score (nSPS) is 32.6. The first-order valence-electron chi connectivity index (χ1n) is 10.6. The fourth-order valence-corrected chi connectivity index (χ4v) is 5.31. The number of carboxylic acid groups (broad SMARTS) is 1. The van der Waals surface area contributed by atoms with Gasteiger partial charge >= 0.3 is 11.9 Å². The Hall–Kier alpha value is -3.02. The Morgan fingerprint density at radius 1 is 1.23 bits per heavy atom. The summed E-state index contributed by atoms with van der Waals surface area (Å²) in [4.78, 5) is 29.3. The van der Waals surface area contributed by atoms with Gasteiger partial charge in [-0.1, -0.05) is 38.1 Å². The summed E-state index contributed by atoms with van der Waals surface area (Å²) in [6.45, 7) is 5.87. The number of rotatable bonds is 4. The second kappa shape index (κ2) is 7.91. The number of nitrogens with zero attached hydrogens (tertiary/aromatic N) is 1. The van der Waals surface area contributed by atoms with Crippen molar-refractivity contribution in [3.05, 3.63) is 60.2 Å². The average Bonchev–Trinajstić information content (AvgIpc) is 2.99. The third kappa shape index (κ3) is 3.54. The molecule has 0 amide bonds. The Bertz CT molecular complexity index is 1030. The monoisotopic (exact) mass is 423 g/mol. The van der Waals surface area contributed by atoms with Crippen LogP contribution in [0.25, 0.3) is 17.2 Å². The molecule has 1 aliphatic heterocycles. The van der Waals surface area contributed by atoms with Gasteiger partial charge in [0, 0.05) is 17.7 Å². The molecule has 1 aromatic heterocycles. The highest BCUT2D eigenvalue weighted by atomic mass is 19.1. The molecule has 0 unspecified atom stereocenters. The predicted octanol–water partition coefficient (Wildman–Crippen LogP) is 4.83. The Morgan fingerprint density at radius 3 is 2.65 bits per heavy atom. The SMILES string of the molecule is C[C@H]1[C@H](C=Cc2ccc(-c3cccc(F)c3)cn2)[C@@H]2[C@@H](C)OC(=O)[C@]2(C(=O)O)C[C@@H]1C. The van der Waals surface area contributed by atoms with E-state index in [1.54, 1.807) is 19.2 Å². The summed E-state index contributed by atoms with van der Waals surface area (Å²) in [7, 11) is 0. The maximum Gasteiger partial charge on any atom is 0.324 e. The van der Waals surface area contributed by atoms with Gasteiger partial charge < -0.3 is 9.84 Å². The maximum absolute atomic E-state index is 13.5. The number of cyclic esters (lactones) is 1. The van der Waals surface area contributed by atoms with Crippen LogP contribution >= 0.6 is 0 Å². The first-order chi connectivity index (χ1) is 14.7. The number of ether oxygens (including phenoxy) is 1. The van der Waals surface area contributed by atoms with Crippen LogP contribution in [-0.2, 0) is 14.3 Å². The van der Waals surface area contributed by atoms with E-state index in [0.29, 0.717) is 12.1 Å². The molecule has 2 aliphatic rings. The van der Waals surface area contributed by atoms with Crippen molar-refractivity contribution in [2.75, 3.05) is 0 Å². The van der Waals surface area contributed by atoms with Crippen LogP contribution in [0, 0.1) is 34.9 Å². The molecule has 2 aromatic rings. The molecule has 5 nitrogen and oxygen atoms in total. The van der Waals surface area contributed by atoms with Crippen molar-refractivity contribution < 1.29 is 23.8 Å². The van der Waals surface area contributed by atoms with Crippen molar-refractivity contribution in [2.45, 2.75) is 33.3 Å². The molecular weight excluding hydrogens is 397 g/mol. The summed E-state index contributed by atoms with van der Waals surface area (Å²) in [6.07, 6.45) is 5.37. The summed E-state index contributed by atoms with van der Waals surface area (Å²) in [6, 6.07) is 10.1. The van der Waals surface area contributed by atoms with Gasteiger partial charge in [0.15, 0.2) is 5.41 Å². The molecule has 0 radical (unpaired) electrons. The van der Waals surface area contributed by atoms with Crippen LogP contribution in [0.1, 0.15) is 32.9 Å². The smallest absolute Gasteiger partial charge is 0.324 e. The van der Waals surface area contributed by atoms with E-state index in [-0.39, 0.29) is 23.6 Å². The molecule has 1 aliphatic carbocycles. The van der Waals surface area contributed by atoms with Crippen LogP contribution in [-0.4, -0.2) is 28.1 Å². The number of carbonyl (C=O) groups excluding carboxylic acids is 1. The Kier molecular flexibility index (Phi) is 5.42. The highest BCUT2D eigenvalue weighted by Crippen LogP contribution is 2.56. The van der Waals surface area contributed by atoms with Gasteiger partial charge in [0.25, 0.3) is 0 Å². The van der Waals surface area contributed by atoms with Gasteiger partial charge in [-0.05, 0) is 60.9 Å². The van der Waals surface area contributed by atoms with E-state index in [0.717, 1.165) is 11.1 Å². The summed E-state index contributed by atoms with van der Waals surface area (Å²) in [5.74, 6) is -2.32. The molecule has 31 heavy (non-hydrogen) atoms. The number of hydrogen-bond acceptors (Lipinski definition) is 4. The van der Waals surface area contributed by atoms with Crippen molar-refractivity contribution in [2.24, 2.45) is 29.1 Å². The van der Waals surface area contributed by atoms with Gasteiger partial charge in [0.05, 0.1) is 5.69 Å². The van der Waals surface area contributed by atoms with Gasteiger partial charge in [-0.2, -0.15) is 0 Å². The third-order valence-electron chi connectivity index (χ3n) is 7.11. The average molecular weight is 423 g/mol. The van der Waals surface area contributed by atoms with E-state index in [1.807, 2.05) is 37.3 Å². The molecule has 1 aromatic carbocycles. The lowest BCUT2D eigenvalue weighted by atomic mass is 9.55. The Balaban J connectivity index is 1.62. The van der Waals surface area contributed by atoms with Crippen LogP contribution in [0.4, 0.5) is 4.39 Å². The third-order valence-corrected chi connectivity index (χ3v) is 7.11. The van der Waals surface area contributed by atoms with Crippen LogP contribution in [0.3, 0.4) is 0 Å². The van der Waals surface area contributed by atoms with Gasteiger partial charge in [0.1, 0.15) is 11.9 Å². The minimum absolute atomic E-state index is 0.0585. The number of allylic oxidation sites excluding steroid dienone is 1. The summed E-state index contributed by atoms with van der Waals surface area (Å²) >= 11 is 0. The number of aliphatic carboxylic acids is 1. The van der Waals surface area contributed by atoms with Crippen molar-refractivity contribution in [1.82, 2.24) is 4.98 Å². The van der Waals surface area contributed by atoms with Crippen molar-refractivity contribution in [1.29, 1.82) is 0 Å². The molecule has 6 heteroatoms. The van der Waals surface area contributed by atoms with E-state index in [2.05, 4.69) is 11.9 Å². The molecule has 1 saturated carbocycles. The number of carboxylic acids is 1. The van der Waals surface area contributed by atoms with Crippen LogP contribution in [0.2, 0.25) is 0 Å². The Morgan fingerprint density at radius 2 is 2.00 bits per heavy atom. The number of hydrogen-bond donors (Lipinski definition) is 1. The summed E-state index contributed by atoms with van der Waals surface area (Å²) in [5.41, 5.74) is 0.781. The quantitative estimate of drug-likeness (QED) is 0.563. The minimum atomic E-state index is -1.49. The second-order valence-corrected chi connectivity index (χ2v) is 8.87. The lowest BCUT2D eigenvalue weighted by molar-refractivity contribution is -0.167. The number of carbonyl (C=O) groups is 2. The molecule has 0 spiro atoms. The van der Waals surface area contributed by atoms with E-state index >= 15 is 0 Å². The van der Waals surface area contributed by atoms with Gasteiger partial charge in [-0.3, -0.25) is 14.6 Å². The number of fused-ring (bicyclic) bond motifs is 1. The van der Waals surface area contributed by atoms with Crippen LogP contribution in [0.5, 0.6) is 0 Å². The zero-order valence-electron chi connectivity index (χ0n) is 17.8. The summed E-state index contributed by atoms with van der Waals surface area (Å²) in [5, 5.41) is 9.99. The Labute approximate surface area is 181 Å². The molecule has 0 bridgehead atoms. The van der Waals surface area contributed by atoms with Crippen molar-refractivity contribution in [3.63, 3.8) is 0 Å². The molecular formula is C25H26FNO4. The first kappa shape index (κ1) is 21.2. The zero-order chi connectivity index (χ0) is 22.3. The number of benzene rings is 1. The lowest BCUT2D eigenvalue weighted by Crippen LogP contribution is -2.52. The standard InChI is InChI=1S/C25H26FNO4/c1-14-12-25(23(28)29)22(16(3)31-24(25)30)21(15(14)2)10-9-20-8-7-18(13-27-20)17-5-4-6-19(26)11-17/h4-11,13-16,21-22H,12H2,1-3H3,(H,28,29)/t14-,15+,16+,21-,22-,25+/m0/s1. The van der Waals surface area contributed by atoms with Gasteiger partial charge in [-0.25, -0.2) is 4.39 Å². The van der Waals surface area contributed by atoms with Gasteiger partial charge in [0.2, 0.25) is 0 Å². The van der Waals surface area contributed by atoms with Gasteiger partial charge in [-0.15, -0.1) is 0 Å². The number of aromatic nitrogens is 1. The second-order valence-electron chi connectivity index (χ2n) is 8.87. The highest BCUT2D eigenvalue weighted by molar-refractivity contribution is 6.01. The maximum atomic E-state index is 13.5. The van der Waals surface area contributed by atoms with Crippen molar-refractivity contribution in [3.8, 4) is 11.1 Å². The molecule has 1 saturated heterocycles. The fraction of sp³-hybridized carbons (Fsp3) is 0.400. The van der Waals surface area contributed by atoms with E-state index in [1.165, 1.54) is 12.1 Å². The molecule has 162 valence electrons. The predicted molar refractivity (Wildman–Crippen MR) is 114 cm³/mol. The molecule has 2 fully saturated rings. The van der Waals surface area contributed by atoms with E-state index in [4.69, 9.17) is 4.74 Å². The first-order valence-corrected chi connectivity index (χ1v) is 10.6. The van der Waals surface area contributed by atoms with Crippen LogP contribution in [0.15, 0.2) is 48.7 Å². The van der Waals surface area contributed by atoms with E-state index < -0.39 is 29.4 Å². The van der Waals surface area contributed by atoms with E-state index in [9.17, 15) is 19.1 Å². The highest BCUT2D eigenvalue weighted by Gasteiger charge is 2.66. The zero-order valence-corrected chi connectivity index (χ0v) is 17.8. The molecule has 6 atom stereocenters. The lowest BCUT2D eigenvalue weighted by Gasteiger charge is -2.45. The number of pyridine rings is 1. The number of halogens is 1. The minimum Gasteiger partial charge on any atom is -0.480 e. The fourth-order valence-electron chi connectivity index (χ4n) is 5.31. The van der Waals surface area contributed by atoms with Crippen molar-refractivity contribution >= 4 is 18.0 Å².